The summed E-state index contributed by atoms with van der Waals surface area (Å²) in [5.74, 6) is -0.244. The lowest BCUT2D eigenvalue weighted by atomic mass is 10.1. The Kier molecular flexibility index (Phi) is 6.55. The van der Waals surface area contributed by atoms with Crippen molar-refractivity contribution < 1.29 is 27.5 Å². The van der Waals surface area contributed by atoms with Crippen LogP contribution >= 0.6 is 0 Å². The van der Waals surface area contributed by atoms with Gasteiger partial charge in [0.05, 0.1) is 24.5 Å². The molecular weight excluding hydrogens is 401 g/mol. The summed E-state index contributed by atoms with van der Waals surface area (Å²) in [6, 6.07) is 2.35. The minimum absolute atomic E-state index is 0.244. The number of rotatable bonds is 5. The summed E-state index contributed by atoms with van der Waals surface area (Å²) >= 11 is 0. The van der Waals surface area contributed by atoms with E-state index in [-0.39, 0.29) is 11.6 Å². The molecule has 2 fully saturated rings. The third-order valence-corrected chi connectivity index (χ3v) is 5.33. The van der Waals surface area contributed by atoms with E-state index in [0.29, 0.717) is 51.5 Å². The number of carbonyl (C=O) groups excluding carboxylic acids is 2. The van der Waals surface area contributed by atoms with Crippen molar-refractivity contribution in [1.82, 2.24) is 9.80 Å². The van der Waals surface area contributed by atoms with Gasteiger partial charge in [0.25, 0.3) is 0 Å². The molecule has 0 bridgehead atoms. The normalized spacial score (nSPS) is 19.7. The molecule has 3 rings (SSSR count). The molecular formula is C20H25F3N4O3. The number of hydrogen-bond acceptors (Lipinski definition) is 4. The lowest BCUT2D eigenvalue weighted by Gasteiger charge is -2.30. The topological polar surface area (TPSA) is 65.1 Å². The van der Waals surface area contributed by atoms with E-state index in [1.165, 1.54) is 13.1 Å². The molecule has 1 atom stereocenters. The molecule has 0 spiro atoms. The minimum Gasteiger partial charge on any atom is -0.378 e. The van der Waals surface area contributed by atoms with E-state index in [2.05, 4.69) is 11.9 Å². The minimum atomic E-state index is -4.65. The van der Waals surface area contributed by atoms with Crippen LogP contribution in [0.2, 0.25) is 0 Å². The Morgan fingerprint density at radius 1 is 1.33 bits per heavy atom. The molecule has 1 N–H and O–H groups in total. The van der Waals surface area contributed by atoms with E-state index < -0.39 is 23.8 Å². The molecule has 0 aliphatic carbocycles. The lowest BCUT2D eigenvalue weighted by molar-refractivity contribution is -0.137. The largest absolute Gasteiger partial charge is 0.418 e. The molecule has 0 aromatic heterocycles. The van der Waals surface area contributed by atoms with Crippen LogP contribution in [-0.2, 0) is 15.7 Å². The summed E-state index contributed by atoms with van der Waals surface area (Å²) < 4.78 is 46.2. The summed E-state index contributed by atoms with van der Waals surface area (Å²) in [5, 5.41) is 2.32. The van der Waals surface area contributed by atoms with Crippen LogP contribution in [0.25, 0.3) is 0 Å². The highest BCUT2D eigenvalue weighted by Crippen LogP contribution is 2.37. The second-order valence-electron chi connectivity index (χ2n) is 7.25. The van der Waals surface area contributed by atoms with Gasteiger partial charge in [0.2, 0.25) is 5.91 Å². The number of amides is 3. The number of morpholine rings is 1. The number of anilines is 2. The fraction of sp³-hybridized carbons (Fsp3) is 0.500. The molecule has 10 heteroatoms. The van der Waals surface area contributed by atoms with Gasteiger partial charge in [0, 0.05) is 38.9 Å². The predicted octanol–water partition coefficient (Wildman–Crippen LogP) is 2.79. The Labute approximate surface area is 173 Å². The second-order valence-corrected chi connectivity index (χ2v) is 7.25. The van der Waals surface area contributed by atoms with Crippen LogP contribution in [0.3, 0.4) is 0 Å². The number of nitrogens with one attached hydrogen (secondary N) is 1. The van der Waals surface area contributed by atoms with E-state index >= 15 is 0 Å². The van der Waals surface area contributed by atoms with Gasteiger partial charge in [0.1, 0.15) is 6.04 Å². The molecule has 0 saturated carbocycles. The van der Waals surface area contributed by atoms with Gasteiger partial charge in [-0.15, -0.1) is 6.58 Å². The monoisotopic (exact) mass is 426 g/mol. The van der Waals surface area contributed by atoms with Gasteiger partial charge >= 0.3 is 12.2 Å². The van der Waals surface area contributed by atoms with Crippen molar-refractivity contribution in [2.24, 2.45) is 0 Å². The Bertz CT molecular complexity index is 809. The number of halogens is 3. The number of benzene rings is 1. The van der Waals surface area contributed by atoms with Crippen molar-refractivity contribution in [3.63, 3.8) is 0 Å². The summed E-state index contributed by atoms with van der Waals surface area (Å²) in [5.41, 5.74) is -0.855. The molecule has 0 unspecified atom stereocenters. The van der Waals surface area contributed by atoms with Gasteiger partial charge < -0.3 is 24.8 Å². The molecule has 164 valence electrons. The van der Waals surface area contributed by atoms with Crippen molar-refractivity contribution in [2.45, 2.75) is 18.6 Å². The summed E-state index contributed by atoms with van der Waals surface area (Å²) in [6.45, 7) is 6.31. The van der Waals surface area contributed by atoms with Crippen molar-refractivity contribution in [2.75, 3.05) is 56.7 Å². The van der Waals surface area contributed by atoms with Gasteiger partial charge in [-0.2, -0.15) is 13.2 Å². The van der Waals surface area contributed by atoms with E-state index in [4.69, 9.17) is 4.74 Å². The number of urea groups is 1. The fourth-order valence-electron chi connectivity index (χ4n) is 3.66. The van der Waals surface area contributed by atoms with Crippen LogP contribution in [0.5, 0.6) is 0 Å². The average Bonchev–Trinajstić information content (AvgIpc) is 3.08. The first-order valence-electron chi connectivity index (χ1n) is 9.70. The average molecular weight is 426 g/mol. The highest BCUT2D eigenvalue weighted by atomic mass is 19.4. The zero-order valence-electron chi connectivity index (χ0n) is 16.7. The van der Waals surface area contributed by atoms with Crippen LogP contribution in [0.1, 0.15) is 12.0 Å². The van der Waals surface area contributed by atoms with Gasteiger partial charge in [-0.05, 0) is 24.6 Å². The zero-order chi connectivity index (χ0) is 21.9. The summed E-state index contributed by atoms with van der Waals surface area (Å²) in [7, 11) is 1.41. The number of likely N-dealkylation sites (N-methyl/N-ethyl adjacent to an activating group) is 1. The molecule has 2 heterocycles. The number of ether oxygens (including phenoxy) is 1. The number of alkyl halides is 3. The SMILES string of the molecule is C=CCN1CC[C@@H](N(C)C(=O)Nc2ccc(N3CCOCC3)cc2C(F)(F)F)C1=O. The quantitative estimate of drug-likeness (QED) is 0.736. The predicted molar refractivity (Wildman–Crippen MR) is 106 cm³/mol. The Morgan fingerprint density at radius 3 is 2.67 bits per heavy atom. The molecule has 30 heavy (non-hydrogen) atoms. The van der Waals surface area contributed by atoms with Crippen LogP contribution in [-0.4, -0.2) is 74.2 Å². The van der Waals surface area contributed by atoms with Crippen molar-refractivity contribution in [1.29, 1.82) is 0 Å². The third-order valence-electron chi connectivity index (χ3n) is 5.33. The number of carbonyl (C=O) groups is 2. The number of hydrogen-bond donors (Lipinski definition) is 1. The highest BCUT2D eigenvalue weighted by molar-refractivity contribution is 5.95. The first-order chi connectivity index (χ1) is 14.2. The van der Waals surface area contributed by atoms with Gasteiger partial charge in [-0.3, -0.25) is 4.79 Å². The van der Waals surface area contributed by atoms with Crippen molar-refractivity contribution in [3.05, 3.63) is 36.4 Å². The molecule has 7 nitrogen and oxygen atoms in total. The molecule has 2 aliphatic rings. The number of likely N-dealkylation sites (tertiary alicyclic amines) is 1. The van der Waals surface area contributed by atoms with Crippen molar-refractivity contribution in [3.8, 4) is 0 Å². The maximum absolute atomic E-state index is 13.7. The molecule has 0 radical (unpaired) electrons. The highest BCUT2D eigenvalue weighted by Gasteiger charge is 2.38. The molecule has 1 aromatic carbocycles. The fourth-order valence-corrected chi connectivity index (χ4v) is 3.66. The van der Waals surface area contributed by atoms with E-state index in [1.807, 2.05) is 4.90 Å². The van der Waals surface area contributed by atoms with Gasteiger partial charge in [-0.25, -0.2) is 4.79 Å². The van der Waals surface area contributed by atoms with Crippen LogP contribution in [0.4, 0.5) is 29.3 Å². The molecule has 1 aromatic rings. The Hall–Kier alpha value is -2.75. The van der Waals surface area contributed by atoms with Crippen LogP contribution in [0, 0.1) is 0 Å². The van der Waals surface area contributed by atoms with E-state index in [9.17, 15) is 22.8 Å². The molecule has 2 aliphatic heterocycles. The molecule has 2 saturated heterocycles. The Morgan fingerprint density at radius 2 is 2.03 bits per heavy atom. The standard InChI is InChI=1S/C20H25F3N4O3/c1-3-7-27-8-6-17(18(27)28)25(2)19(29)24-16-5-4-14(13-15(16)20(21,22)23)26-9-11-30-12-10-26/h3-5,13,17H,1,6-12H2,2H3,(H,24,29)/t17-/m1/s1. The van der Waals surface area contributed by atoms with Gasteiger partial charge in [0.15, 0.2) is 0 Å². The maximum atomic E-state index is 13.7. The third kappa shape index (κ3) is 4.69. The zero-order valence-corrected chi connectivity index (χ0v) is 16.7. The summed E-state index contributed by atoms with van der Waals surface area (Å²) in [6.07, 6.45) is -2.64. The Balaban J connectivity index is 1.77. The first-order valence-corrected chi connectivity index (χ1v) is 9.70. The molecule has 3 amide bonds. The first kappa shape index (κ1) is 21.9. The van der Waals surface area contributed by atoms with Crippen molar-refractivity contribution >= 4 is 23.3 Å². The van der Waals surface area contributed by atoms with Crippen LogP contribution < -0.4 is 10.2 Å². The van der Waals surface area contributed by atoms with E-state index in [0.717, 1.165) is 11.0 Å². The van der Waals surface area contributed by atoms with Gasteiger partial charge in [-0.1, -0.05) is 6.08 Å². The van der Waals surface area contributed by atoms with E-state index in [1.54, 1.807) is 17.0 Å². The lowest BCUT2D eigenvalue weighted by Crippen LogP contribution is -2.45. The number of nitrogens with zero attached hydrogens (tertiary/aromatic N) is 3. The maximum Gasteiger partial charge on any atom is 0.418 e. The smallest absolute Gasteiger partial charge is 0.378 e. The van der Waals surface area contributed by atoms with Crippen LogP contribution in [0.15, 0.2) is 30.9 Å². The second kappa shape index (κ2) is 8.95. The summed E-state index contributed by atoms with van der Waals surface area (Å²) in [4.78, 5) is 29.5.